The van der Waals surface area contributed by atoms with Gasteiger partial charge >= 0.3 is 5.97 Å². The number of ketones is 1. The van der Waals surface area contributed by atoms with Crippen LogP contribution >= 0.6 is 0 Å². The average Bonchev–Trinajstić information content (AvgIpc) is 3.67. The molecule has 7 atom stereocenters. The Morgan fingerprint density at radius 3 is 2.08 bits per heavy atom. The smallest absolute Gasteiger partial charge is 0.338 e. The van der Waals surface area contributed by atoms with Gasteiger partial charge in [0.2, 0.25) is 5.79 Å². The van der Waals surface area contributed by atoms with Crippen molar-refractivity contribution in [2.75, 3.05) is 13.2 Å². The topological polar surface area (TPSA) is 89.5 Å². The zero-order valence-electron chi connectivity index (χ0n) is 29.0. The Bertz CT molecular complexity index is 1570. The second-order valence-corrected chi connectivity index (χ2v) is 19.4. The van der Waals surface area contributed by atoms with Crippen LogP contribution in [0.1, 0.15) is 76.6 Å². The number of Topliss-reactive ketones (excluding diaryl/α,β-unsaturated/α-hetero) is 1. The third-order valence-electron chi connectivity index (χ3n) is 10.9. The number of benzene rings is 3. The molecule has 4 heterocycles. The maximum absolute atomic E-state index is 13.4. The van der Waals surface area contributed by atoms with E-state index in [1.165, 1.54) is 10.4 Å². The first-order chi connectivity index (χ1) is 23.5. The zero-order valence-corrected chi connectivity index (χ0v) is 30.0. The lowest BCUT2D eigenvalue weighted by atomic mass is 9.86. The second-order valence-electron chi connectivity index (χ2n) is 15.1. The maximum atomic E-state index is 13.4. The van der Waals surface area contributed by atoms with E-state index in [4.69, 9.17) is 28.1 Å². The monoisotopic (exact) mass is 684 g/mol. The van der Waals surface area contributed by atoms with Crippen LogP contribution in [0.3, 0.4) is 0 Å². The van der Waals surface area contributed by atoms with Crippen LogP contribution in [0.5, 0.6) is 0 Å². The standard InChI is InChI=1S/C40H48O8Si/c1-28-24-34-35(25-31(45-34)27-44-49(38(2,3)4,32-16-10-6-11-17-32)33-18-12-7-13-19-33)47-39(28)22-23-40(48-39)36(41)21-20-30(46-40)26-43-37(42)29-14-8-5-9-15-29/h5-19,28,30-31,34-35H,20-27H2,1-4H3/t28-,30-,31+,34-,35-,39-,40+/m0/s1. The first-order valence-electron chi connectivity index (χ1n) is 17.8. The number of carbonyl (C=O) groups excluding carboxylic acids is 2. The highest BCUT2D eigenvalue weighted by molar-refractivity contribution is 6.99. The molecule has 4 aliphatic rings. The Kier molecular flexibility index (Phi) is 9.45. The van der Waals surface area contributed by atoms with Crippen LogP contribution in [-0.4, -0.2) is 69.3 Å². The number of rotatable bonds is 8. The SMILES string of the molecule is C[C@H]1C[C@@H]2O[C@@H](CO[Si](c3ccccc3)(c3ccccc3)C(C)(C)C)C[C@@H]2O[C@]12CC[C@@]1(O[C@H](COC(=O)c3ccccc3)CCC1=O)O2. The van der Waals surface area contributed by atoms with E-state index in [-0.39, 0.29) is 41.7 Å². The molecule has 0 bridgehead atoms. The summed E-state index contributed by atoms with van der Waals surface area (Å²) in [6.07, 6.45) is 2.32. The van der Waals surface area contributed by atoms with E-state index in [0.717, 1.165) is 6.42 Å². The number of carbonyl (C=O) groups is 2. The van der Waals surface area contributed by atoms with Gasteiger partial charge in [0.1, 0.15) is 6.61 Å². The normalized spacial score (nSPS) is 31.6. The van der Waals surface area contributed by atoms with Gasteiger partial charge in [-0.3, -0.25) is 4.79 Å². The predicted molar refractivity (Wildman–Crippen MR) is 187 cm³/mol. The van der Waals surface area contributed by atoms with Gasteiger partial charge in [0.15, 0.2) is 11.6 Å². The lowest BCUT2D eigenvalue weighted by molar-refractivity contribution is -0.362. The molecule has 260 valence electrons. The van der Waals surface area contributed by atoms with E-state index in [1.807, 2.05) is 6.07 Å². The molecule has 2 spiro atoms. The van der Waals surface area contributed by atoms with Gasteiger partial charge in [0.05, 0.1) is 36.6 Å². The summed E-state index contributed by atoms with van der Waals surface area (Å²) in [5.74, 6) is -2.85. The molecule has 0 aromatic heterocycles. The van der Waals surface area contributed by atoms with Crippen molar-refractivity contribution in [3.8, 4) is 0 Å². The molecule has 0 unspecified atom stereocenters. The van der Waals surface area contributed by atoms with Crippen molar-refractivity contribution in [3.05, 3.63) is 96.6 Å². The van der Waals surface area contributed by atoms with Crippen molar-refractivity contribution in [1.29, 1.82) is 0 Å². The summed E-state index contributed by atoms with van der Waals surface area (Å²) in [6.45, 7) is 9.47. The highest BCUT2D eigenvalue weighted by Crippen LogP contribution is 2.53. The molecule has 3 aromatic carbocycles. The minimum atomic E-state index is -2.72. The van der Waals surface area contributed by atoms with Crippen molar-refractivity contribution in [1.82, 2.24) is 0 Å². The van der Waals surface area contributed by atoms with E-state index < -0.39 is 32.0 Å². The van der Waals surface area contributed by atoms with Crippen LogP contribution in [0, 0.1) is 5.92 Å². The number of hydrogen-bond donors (Lipinski definition) is 0. The molecular weight excluding hydrogens is 637 g/mol. The van der Waals surface area contributed by atoms with Gasteiger partial charge in [-0.25, -0.2) is 4.79 Å². The van der Waals surface area contributed by atoms with Gasteiger partial charge in [-0.05, 0) is 40.4 Å². The fourth-order valence-corrected chi connectivity index (χ4v) is 13.0. The van der Waals surface area contributed by atoms with Crippen molar-refractivity contribution in [3.63, 3.8) is 0 Å². The predicted octanol–water partition coefficient (Wildman–Crippen LogP) is 5.95. The van der Waals surface area contributed by atoms with Gasteiger partial charge in [-0.15, -0.1) is 0 Å². The molecule has 4 fully saturated rings. The first kappa shape index (κ1) is 34.3. The Labute approximate surface area is 290 Å². The van der Waals surface area contributed by atoms with E-state index in [9.17, 15) is 9.59 Å². The molecule has 0 amide bonds. The quantitative estimate of drug-likeness (QED) is 0.213. The molecule has 4 saturated heterocycles. The molecule has 0 aliphatic carbocycles. The fourth-order valence-electron chi connectivity index (χ4n) is 8.37. The highest BCUT2D eigenvalue weighted by Gasteiger charge is 2.63. The molecule has 8 nitrogen and oxygen atoms in total. The molecular formula is C40H48O8Si. The van der Waals surface area contributed by atoms with Crippen LogP contribution in [0.15, 0.2) is 91.0 Å². The minimum Gasteiger partial charge on any atom is -0.459 e. The van der Waals surface area contributed by atoms with Crippen LogP contribution in [0.4, 0.5) is 0 Å². The fraction of sp³-hybridized carbons (Fsp3) is 0.500. The number of esters is 1. The summed E-state index contributed by atoms with van der Waals surface area (Å²) >= 11 is 0. The third kappa shape index (κ3) is 6.46. The second kappa shape index (κ2) is 13.5. The molecule has 3 aromatic rings. The van der Waals surface area contributed by atoms with Gasteiger partial charge in [-0.2, -0.15) is 0 Å². The van der Waals surface area contributed by atoms with E-state index >= 15 is 0 Å². The van der Waals surface area contributed by atoms with Crippen LogP contribution in [-0.2, 0) is 32.9 Å². The zero-order chi connectivity index (χ0) is 34.3. The summed E-state index contributed by atoms with van der Waals surface area (Å²) in [6, 6.07) is 30.2. The Morgan fingerprint density at radius 1 is 0.816 bits per heavy atom. The van der Waals surface area contributed by atoms with E-state index in [1.54, 1.807) is 24.3 Å². The van der Waals surface area contributed by atoms with Crippen molar-refractivity contribution in [2.45, 2.75) is 107 Å². The van der Waals surface area contributed by atoms with Crippen LogP contribution < -0.4 is 10.4 Å². The highest BCUT2D eigenvalue weighted by atomic mass is 28.4. The van der Waals surface area contributed by atoms with Gasteiger partial charge < -0.3 is 28.1 Å². The molecule has 0 radical (unpaired) electrons. The van der Waals surface area contributed by atoms with E-state index in [2.05, 4.69) is 88.4 Å². The Morgan fingerprint density at radius 2 is 1.45 bits per heavy atom. The Hall–Kier alpha value is -3.18. The number of ether oxygens (including phenoxy) is 5. The maximum Gasteiger partial charge on any atom is 0.338 e. The first-order valence-corrected chi connectivity index (χ1v) is 19.7. The summed E-state index contributed by atoms with van der Waals surface area (Å²) < 4.78 is 39.3. The van der Waals surface area contributed by atoms with Crippen molar-refractivity contribution < 1.29 is 37.7 Å². The largest absolute Gasteiger partial charge is 0.459 e. The van der Waals surface area contributed by atoms with Crippen LogP contribution in [0.2, 0.25) is 5.04 Å². The lowest BCUT2D eigenvalue weighted by Gasteiger charge is -2.46. The molecule has 9 heteroatoms. The number of hydrogen-bond acceptors (Lipinski definition) is 8. The minimum absolute atomic E-state index is 0.0165. The summed E-state index contributed by atoms with van der Waals surface area (Å²) in [5, 5.41) is 2.35. The Balaban J connectivity index is 1.03. The van der Waals surface area contributed by atoms with Crippen LogP contribution in [0.25, 0.3) is 0 Å². The van der Waals surface area contributed by atoms with Gasteiger partial charge in [-0.1, -0.05) is 107 Å². The molecule has 7 rings (SSSR count). The van der Waals surface area contributed by atoms with Crippen molar-refractivity contribution in [2.24, 2.45) is 5.92 Å². The molecule has 49 heavy (non-hydrogen) atoms. The van der Waals surface area contributed by atoms with Crippen molar-refractivity contribution >= 4 is 30.4 Å². The molecule has 0 saturated carbocycles. The summed E-state index contributed by atoms with van der Waals surface area (Å²) in [4.78, 5) is 25.9. The van der Waals surface area contributed by atoms with E-state index in [0.29, 0.717) is 44.3 Å². The van der Waals surface area contributed by atoms with Gasteiger partial charge in [0.25, 0.3) is 8.32 Å². The molecule has 4 aliphatic heterocycles. The number of fused-ring (bicyclic) bond motifs is 1. The summed E-state index contributed by atoms with van der Waals surface area (Å²) in [5.41, 5.74) is 0.480. The van der Waals surface area contributed by atoms with Gasteiger partial charge in [0, 0.05) is 31.6 Å². The molecule has 0 N–H and O–H groups in total. The lowest BCUT2D eigenvalue weighted by Crippen LogP contribution is -2.67. The average molecular weight is 685 g/mol. The summed E-state index contributed by atoms with van der Waals surface area (Å²) in [7, 11) is -2.72. The third-order valence-corrected chi connectivity index (χ3v) is 15.9.